The van der Waals surface area contributed by atoms with Crippen LogP contribution in [0.25, 0.3) is 50.3 Å². The minimum atomic E-state index is -0.244. The van der Waals surface area contributed by atoms with Gasteiger partial charge in [-0.25, -0.2) is 19.9 Å². The van der Waals surface area contributed by atoms with Crippen LogP contribution < -0.4 is 10.1 Å². The van der Waals surface area contributed by atoms with Gasteiger partial charge < -0.3 is 24.8 Å². The van der Waals surface area contributed by atoms with Crippen molar-refractivity contribution in [1.82, 2.24) is 72.8 Å². The van der Waals surface area contributed by atoms with Gasteiger partial charge in [-0.05, 0) is 158 Å². The van der Waals surface area contributed by atoms with E-state index < -0.39 is 0 Å². The van der Waals surface area contributed by atoms with Crippen molar-refractivity contribution in [3.63, 3.8) is 0 Å². The number of likely N-dealkylation sites (tertiary alicyclic amines) is 3. The normalized spacial score (nSPS) is 16.5. The van der Waals surface area contributed by atoms with Crippen LogP contribution in [0.3, 0.4) is 0 Å². The largest absolute Gasteiger partial charge is 0.478 e. The number of imidazole rings is 3. The van der Waals surface area contributed by atoms with Crippen LogP contribution in [-0.2, 0) is 27.2 Å². The smallest absolute Gasteiger partial charge is 0.299 e. The van der Waals surface area contributed by atoms with Gasteiger partial charge in [0, 0.05) is 132 Å². The number of hydrogen-bond acceptors (Lipinski definition) is 16. The number of aromatic nitrogens is 12. The number of rotatable bonds is 19. The lowest BCUT2D eigenvalue weighted by Gasteiger charge is -2.34. The van der Waals surface area contributed by atoms with Crippen LogP contribution in [-0.4, -0.2) is 141 Å². The SMILES string of the molecule is C=CC(=O)N1CCCC[C@H]1c1nc(-c2ccc(C(=O)Cc3ccccn3)cc2)c2c(C3CC3)nccn12.CC#CC(=O)N1CCCC[C@H]1c1nc(-c2ccc(C(=O)Cc3ccccn3)cc2)c2c(C3CC3)nccn12.CC#CC(=O)N1CC[C@@H](c2nc(-c3ccc(C(=O)Nc4ccccn4)cc3)c3cncc(OCC)n23)C1. The van der Waals surface area contributed by atoms with E-state index in [2.05, 4.69) is 64.3 Å². The van der Waals surface area contributed by atoms with Crippen LogP contribution in [0.5, 0.6) is 5.88 Å². The molecule has 112 heavy (non-hydrogen) atoms. The second kappa shape index (κ2) is 33.8. The number of piperidine rings is 2. The number of hydrogen-bond donors (Lipinski definition) is 1. The number of fused-ring (bicyclic) bond motifs is 3. The number of ketones is 2. The summed E-state index contributed by atoms with van der Waals surface area (Å²) in [7, 11) is 0. The molecule has 3 aliphatic heterocycles. The summed E-state index contributed by atoms with van der Waals surface area (Å²) in [4.78, 5) is 124. The maximum Gasteiger partial charge on any atom is 0.299 e. The zero-order chi connectivity index (χ0) is 77.2. The maximum absolute atomic E-state index is 12.9. The van der Waals surface area contributed by atoms with E-state index in [0.29, 0.717) is 73.0 Å². The minimum Gasteiger partial charge on any atom is -0.478 e. The standard InChI is InChI=1S/C31H29N5O2.C30H29N5O2.C28H26N6O3/c1-2-7-27(38)35-18-6-4-9-25(35)31-34-29(30-28(22-14-15-22)33-17-19-36(30)31)23-12-10-21(11-13-23)26(37)20-24-8-3-5-16-32-24;1-2-26(37)34-17-6-4-8-24(34)30-33-28(29-27(21-13-14-21)32-16-18-35(29)30)22-11-9-20(10-12-22)25(36)19-23-7-3-5-15-31-23;1-3-7-24(35)33-15-13-21(18-33)27-32-26(22-16-29-17-25(34(22)27)37-4-2)19-9-11-20(12-10-19)28(36)31-23-8-5-6-14-30-23/h3,5,8,10-13,16-17,19,22,25H,4,6,9,14-15,18,20H2,1H3;2-3,5,7,9-12,15-16,18,21,24H,1,4,6,8,13-14,17,19H2;5-6,8-12,14,16-17,21H,4,13,15,18H2,1-2H3,(H,30,31,36)/t25-;24-;21-/m001/s1. The van der Waals surface area contributed by atoms with Gasteiger partial charge in [-0.1, -0.05) is 97.3 Å². The molecule has 2 saturated carbocycles. The van der Waals surface area contributed by atoms with E-state index >= 15 is 0 Å². The highest BCUT2D eigenvalue weighted by atomic mass is 16.5. The molecule has 5 aliphatic rings. The highest BCUT2D eigenvalue weighted by Gasteiger charge is 2.38. The second-order valence-corrected chi connectivity index (χ2v) is 28.5. The van der Waals surface area contributed by atoms with Crippen LogP contribution in [0.4, 0.5) is 5.82 Å². The Morgan fingerprint density at radius 2 is 1.03 bits per heavy atom. The highest BCUT2D eigenvalue weighted by Crippen LogP contribution is 2.47. The molecule has 0 spiro atoms. The zero-order valence-electron chi connectivity index (χ0n) is 62.8. The van der Waals surface area contributed by atoms with Gasteiger partial charge in [0.25, 0.3) is 17.7 Å². The molecular formula is C89H84N16O7. The van der Waals surface area contributed by atoms with Crippen molar-refractivity contribution in [1.29, 1.82) is 0 Å². The lowest BCUT2D eigenvalue weighted by atomic mass is 10.0. The maximum atomic E-state index is 12.9. The van der Waals surface area contributed by atoms with Crippen LogP contribution in [0.1, 0.15) is 193 Å². The molecule has 12 heterocycles. The summed E-state index contributed by atoms with van der Waals surface area (Å²) in [5.41, 5.74) is 13.4. The average molecular weight is 1490 g/mol. The Kier molecular flexibility index (Phi) is 22.4. The van der Waals surface area contributed by atoms with Crippen LogP contribution in [0, 0.1) is 23.7 Å². The van der Waals surface area contributed by atoms with Crippen molar-refractivity contribution in [3.05, 3.63) is 253 Å². The predicted octanol–water partition coefficient (Wildman–Crippen LogP) is 14.3. The molecule has 0 unspecified atom stereocenters. The van der Waals surface area contributed by atoms with Gasteiger partial charge in [0.15, 0.2) is 11.6 Å². The Hall–Kier alpha value is -13.2. The van der Waals surface area contributed by atoms with Gasteiger partial charge in [-0.3, -0.25) is 66.9 Å². The number of carbonyl (C=O) groups is 6. The Bertz CT molecular complexity index is 5640. The summed E-state index contributed by atoms with van der Waals surface area (Å²) < 4.78 is 12.1. The lowest BCUT2D eigenvalue weighted by molar-refractivity contribution is -0.130. The number of amides is 4. The van der Waals surface area contributed by atoms with Crippen molar-refractivity contribution >= 4 is 57.6 Å². The summed E-state index contributed by atoms with van der Waals surface area (Å²) >= 11 is 0. The molecule has 5 fully saturated rings. The molecule has 2 aliphatic carbocycles. The van der Waals surface area contributed by atoms with Gasteiger partial charge in [0.1, 0.15) is 23.3 Å². The Balaban J connectivity index is 0.000000133. The van der Waals surface area contributed by atoms with Gasteiger partial charge in [-0.15, -0.1) is 0 Å². The van der Waals surface area contributed by atoms with E-state index in [1.165, 1.54) is 6.08 Å². The lowest BCUT2D eigenvalue weighted by Crippen LogP contribution is -2.38. The molecule has 12 aromatic rings. The van der Waals surface area contributed by atoms with Crippen molar-refractivity contribution in [2.24, 2.45) is 0 Å². The van der Waals surface area contributed by atoms with Gasteiger partial charge in [0.2, 0.25) is 11.8 Å². The Labute approximate surface area is 648 Å². The summed E-state index contributed by atoms with van der Waals surface area (Å²) in [6.07, 6.45) is 29.0. The van der Waals surface area contributed by atoms with Crippen molar-refractivity contribution in [2.45, 2.75) is 134 Å². The van der Waals surface area contributed by atoms with Gasteiger partial charge in [-0.2, -0.15) is 0 Å². The average Bonchev–Trinajstić information content (AvgIpc) is 1.60. The van der Waals surface area contributed by atoms with E-state index in [-0.39, 0.29) is 66.0 Å². The fourth-order valence-electron chi connectivity index (χ4n) is 15.2. The monoisotopic (exact) mass is 1490 g/mol. The molecular weight excluding hydrogens is 1410 g/mol. The predicted molar refractivity (Wildman–Crippen MR) is 425 cm³/mol. The van der Waals surface area contributed by atoms with Gasteiger partial charge >= 0.3 is 0 Å². The third kappa shape index (κ3) is 16.1. The molecule has 17 rings (SSSR count). The van der Waals surface area contributed by atoms with E-state index in [1.807, 2.05) is 149 Å². The molecule has 9 aromatic heterocycles. The molecule has 23 nitrogen and oxygen atoms in total. The number of nitrogens with one attached hydrogen (secondary N) is 1. The number of anilines is 1. The van der Waals surface area contributed by atoms with E-state index in [1.54, 1.807) is 74.0 Å². The van der Waals surface area contributed by atoms with Crippen molar-refractivity contribution < 1.29 is 33.5 Å². The Morgan fingerprint density at radius 3 is 1.54 bits per heavy atom. The fourth-order valence-corrected chi connectivity index (χ4v) is 15.2. The molecule has 0 radical (unpaired) electrons. The van der Waals surface area contributed by atoms with E-state index in [4.69, 9.17) is 29.7 Å². The Morgan fingerprint density at radius 1 is 0.518 bits per heavy atom. The van der Waals surface area contributed by atoms with Crippen LogP contribution in [0.15, 0.2) is 196 Å². The third-order valence-corrected chi connectivity index (χ3v) is 21.0. The summed E-state index contributed by atoms with van der Waals surface area (Å²) in [5, 5.41) is 2.79. The van der Waals surface area contributed by atoms with E-state index in [0.717, 1.165) is 161 Å². The summed E-state index contributed by atoms with van der Waals surface area (Å²) in [5.74, 6) is 14.7. The number of pyridine rings is 3. The second-order valence-electron chi connectivity index (χ2n) is 28.5. The summed E-state index contributed by atoms with van der Waals surface area (Å²) in [6.45, 7) is 12.0. The molecule has 3 atom stereocenters. The number of carbonyl (C=O) groups excluding carboxylic acids is 6. The van der Waals surface area contributed by atoms with Crippen LogP contribution >= 0.6 is 0 Å². The third-order valence-electron chi connectivity index (χ3n) is 21.0. The quantitative estimate of drug-likeness (QED) is 0.0448. The molecule has 3 aromatic carbocycles. The minimum absolute atomic E-state index is 0.0221. The fraction of sp³-hybridized carbons (Fsp3) is 0.292. The number of nitrogens with zero attached hydrogens (tertiary/aromatic N) is 15. The first-order chi connectivity index (χ1) is 54.9. The topological polar surface area (TPSA) is 263 Å². The molecule has 4 amide bonds. The van der Waals surface area contributed by atoms with Crippen molar-refractivity contribution in [3.8, 4) is 63.3 Å². The molecule has 3 saturated heterocycles. The molecule has 1 N–H and O–H groups in total. The molecule has 562 valence electrons. The molecule has 0 bridgehead atoms. The number of ether oxygens (including phenoxy) is 1. The highest BCUT2D eigenvalue weighted by molar-refractivity contribution is 6.04. The van der Waals surface area contributed by atoms with Gasteiger partial charge in [0.05, 0.1) is 88.9 Å². The van der Waals surface area contributed by atoms with Crippen LogP contribution in [0.2, 0.25) is 0 Å². The van der Waals surface area contributed by atoms with Crippen molar-refractivity contribution in [2.75, 3.05) is 38.1 Å². The number of benzene rings is 3. The first-order valence-electron chi connectivity index (χ1n) is 38.4. The first-order valence-corrected chi connectivity index (χ1v) is 38.4. The summed E-state index contributed by atoms with van der Waals surface area (Å²) in [6, 6.07) is 38.9. The first kappa shape index (κ1) is 74.3. The number of Topliss-reactive ketones (excluding diaryl/α,β-unsaturated/α-hetero) is 2. The zero-order valence-corrected chi connectivity index (χ0v) is 62.8. The van der Waals surface area contributed by atoms with E-state index in [9.17, 15) is 28.8 Å². The molecule has 23 heteroatoms.